The predicted octanol–water partition coefficient (Wildman–Crippen LogP) is 1.60. The second kappa shape index (κ2) is 6.34. The van der Waals surface area contributed by atoms with Crippen molar-refractivity contribution < 1.29 is 4.79 Å². The minimum Gasteiger partial charge on any atom is -0.337 e. The fraction of sp³-hybridized carbons (Fsp3) is 0.944. The lowest BCUT2D eigenvalue weighted by Crippen LogP contribution is -2.72. The summed E-state index contributed by atoms with van der Waals surface area (Å²) in [5, 5.41) is 3.62. The van der Waals surface area contributed by atoms with Crippen molar-refractivity contribution in [3.63, 3.8) is 0 Å². The van der Waals surface area contributed by atoms with Gasteiger partial charge in [0.25, 0.3) is 0 Å². The molecule has 1 saturated heterocycles. The summed E-state index contributed by atoms with van der Waals surface area (Å²) in [7, 11) is 0. The summed E-state index contributed by atoms with van der Waals surface area (Å²) in [5.41, 5.74) is 11.3. The zero-order valence-corrected chi connectivity index (χ0v) is 15.6. The third-order valence-electron chi connectivity index (χ3n) is 5.08. The molecule has 0 bridgehead atoms. The molecule has 1 saturated carbocycles. The van der Waals surface area contributed by atoms with Crippen LogP contribution in [0.25, 0.3) is 0 Å². The van der Waals surface area contributed by atoms with Crippen LogP contribution in [0, 0.1) is 5.92 Å². The van der Waals surface area contributed by atoms with Crippen molar-refractivity contribution in [3.8, 4) is 0 Å². The predicted molar refractivity (Wildman–Crippen MR) is 95.0 cm³/mol. The van der Waals surface area contributed by atoms with E-state index in [0.29, 0.717) is 25.0 Å². The smallest absolute Gasteiger partial charge is 0.242 e. The molecule has 3 atom stereocenters. The zero-order chi connectivity index (χ0) is 17.5. The van der Waals surface area contributed by atoms with Crippen molar-refractivity contribution in [2.24, 2.45) is 17.4 Å². The molecule has 5 N–H and O–H groups in total. The zero-order valence-electron chi connectivity index (χ0n) is 15.6. The average Bonchev–Trinajstić information content (AvgIpc) is 2.32. The van der Waals surface area contributed by atoms with Crippen LogP contribution < -0.4 is 16.8 Å². The number of hydrogen-bond donors (Lipinski definition) is 3. The Morgan fingerprint density at radius 1 is 1.30 bits per heavy atom. The number of nitrogens with one attached hydrogen (secondary N) is 1. The van der Waals surface area contributed by atoms with E-state index in [1.807, 2.05) is 18.7 Å². The standard InChI is InChI=1S/C18H36N4O/c1-16(2,20)11-22-12-17(3,4)21-18(5,15(22)23)10-13-7-6-8-14(19)9-13/h13-14,21H,6-12,19-20H2,1-5H3. The van der Waals surface area contributed by atoms with Crippen LogP contribution in [-0.2, 0) is 4.79 Å². The molecule has 0 aromatic rings. The van der Waals surface area contributed by atoms with Gasteiger partial charge in [-0.25, -0.2) is 0 Å². The molecule has 1 aliphatic heterocycles. The molecule has 1 heterocycles. The lowest BCUT2D eigenvalue weighted by molar-refractivity contribution is -0.146. The quantitative estimate of drug-likeness (QED) is 0.733. The van der Waals surface area contributed by atoms with Crippen molar-refractivity contribution in [1.29, 1.82) is 0 Å². The molecule has 2 aliphatic rings. The number of hydrogen-bond acceptors (Lipinski definition) is 4. The largest absolute Gasteiger partial charge is 0.337 e. The van der Waals surface area contributed by atoms with Gasteiger partial charge in [0.05, 0.1) is 5.54 Å². The topological polar surface area (TPSA) is 84.4 Å². The first-order valence-corrected chi connectivity index (χ1v) is 9.03. The monoisotopic (exact) mass is 324 g/mol. The van der Waals surface area contributed by atoms with Crippen molar-refractivity contribution in [3.05, 3.63) is 0 Å². The Morgan fingerprint density at radius 3 is 2.52 bits per heavy atom. The Bertz CT molecular complexity index is 441. The highest BCUT2D eigenvalue weighted by atomic mass is 16.2. The van der Waals surface area contributed by atoms with Crippen LogP contribution in [0.2, 0.25) is 0 Å². The summed E-state index contributed by atoms with van der Waals surface area (Å²) in [6, 6.07) is 0.295. The summed E-state index contributed by atoms with van der Waals surface area (Å²) in [5.74, 6) is 0.719. The first kappa shape index (κ1) is 18.7. The Hall–Kier alpha value is -0.650. The highest BCUT2D eigenvalue weighted by molar-refractivity contribution is 5.87. The van der Waals surface area contributed by atoms with Gasteiger partial charge in [-0.15, -0.1) is 0 Å². The van der Waals surface area contributed by atoms with E-state index < -0.39 is 5.54 Å². The maximum Gasteiger partial charge on any atom is 0.242 e. The van der Waals surface area contributed by atoms with Gasteiger partial charge in [-0.1, -0.05) is 12.8 Å². The number of carbonyl (C=O) groups excluding carboxylic acids is 1. The number of nitrogens with zero attached hydrogens (tertiary/aromatic N) is 1. The molecular formula is C18H36N4O. The third kappa shape index (κ3) is 4.91. The van der Waals surface area contributed by atoms with E-state index in [2.05, 4.69) is 26.1 Å². The number of rotatable bonds is 4. The van der Waals surface area contributed by atoms with Gasteiger partial charge in [0.2, 0.25) is 5.91 Å². The van der Waals surface area contributed by atoms with Crippen molar-refractivity contribution in [2.45, 2.75) is 89.4 Å². The van der Waals surface area contributed by atoms with Crippen LogP contribution >= 0.6 is 0 Å². The van der Waals surface area contributed by atoms with E-state index in [4.69, 9.17) is 11.5 Å². The molecule has 3 unspecified atom stereocenters. The fourth-order valence-corrected chi connectivity index (χ4v) is 4.59. The van der Waals surface area contributed by atoms with Crippen molar-refractivity contribution in [1.82, 2.24) is 10.2 Å². The molecule has 2 fully saturated rings. The van der Waals surface area contributed by atoms with E-state index in [0.717, 1.165) is 19.3 Å². The molecule has 1 amide bonds. The van der Waals surface area contributed by atoms with E-state index >= 15 is 0 Å². The van der Waals surface area contributed by atoms with Crippen LogP contribution in [0.5, 0.6) is 0 Å². The molecule has 0 radical (unpaired) electrons. The first-order chi connectivity index (χ1) is 10.4. The van der Waals surface area contributed by atoms with Crippen LogP contribution in [0.15, 0.2) is 0 Å². The lowest BCUT2D eigenvalue weighted by atomic mass is 9.75. The van der Waals surface area contributed by atoms with Crippen molar-refractivity contribution in [2.75, 3.05) is 13.1 Å². The van der Waals surface area contributed by atoms with Crippen LogP contribution in [-0.4, -0.2) is 46.6 Å². The summed E-state index contributed by atoms with van der Waals surface area (Å²) in [6.45, 7) is 11.6. The molecule has 134 valence electrons. The van der Waals surface area contributed by atoms with Gasteiger partial charge in [0.1, 0.15) is 0 Å². The normalized spacial score (nSPS) is 35.4. The second-order valence-corrected chi connectivity index (χ2v) is 9.49. The lowest BCUT2D eigenvalue weighted by Gasteiger charge is -2.51. The molecule has 0 spiro atoms. The van der Waals surface area contributed by atoms with E-state index in [1.54, 1.807) is 0 Å². The number of carbonyl (C=O) groups is 1. The van der Waals surface area contributed by atoms with Gasteiger partial charge < -0.3 is 16.4 Å². The Kier molecular flexibility index (Phi) is 5.15. The van der Waals surface area contributed by atoms with Crippen molar-refractivity contribution >= 4 is 5.91 Å². The third-order valence-corrected chi connectivity index (χ3v) is 5.08. The Morgan fingerprint density at radius 2 is 1.96 bits per heavy atom. The molecule has 23 heavy (non-hydrogen) atoms. The van der Waals surface area contributed by atoms with Gasteiger partial charge >= 0.3 is 0 Å². The molecule has 5 heteroatoms. The Balaban J connectivity index is 2.15. The molecule has 2 rings (SSSR count). The highest BCUT2D eigenvalue weighted by Crippen LogP contribution is 2.34. The SMILES string of the molecule is CC(C)(N)CN1CC(C)(C)NC(C)(CC2CCCC(N)C2)C1=O. The minimum absolute atomic E-state index is 0.106. The maximum atomic E-state index is 13.1. The second-order valence-electron chi connectivity index (χ2n) is 9.49. The molecule has 0 aromatic carbocycles. The maximum absolute atomic E-state index is 13.1. The summed E-state index contributed by atoms with van der Waals surface area (Å²) in [4.78, 5) is 15.1. The minimum atomic E-state index is -0.519. The van der Waals surface area contributed by atoms with E-state index in [1.165, 1.54) is 12.8 Å². The van der Waals surface area contributed by atoms with Gasteiger partial charge in [0, 0.05) is 30.2 Å². The molecule has 1 aliphatic carbocycles. The molecule has 5 nitrogen and oxygen atoms in total. The summed E-state index contributed by atoms with van der Waals surface area (Å²) in [6.07, 6.45) is 5.38. The van der Waals surface area contributed by atoms with Gasteiger partial charge in [-0.2, -0.15) is 0 Å². The average molecular weight is 325 g/mol. The van der Waals surface area contributed by atoms with Gasteiger partial charge in [-0.05, 0) is 59.8 Å². The molecule has 0 aromatic heterocycles. The van der Waals surface area contributed by atoms with Crippen LogP contribution in [0.3, 0.4) is 0 Å². The summed E-state index contributed by atoms with van der Waals surface area (Å²) >= 11 is 0. The number of piperazine rings is 1. The summed E-state index contributed by atoms with van der Waals surface area (Å²) < 4.78 is 0. The molecular weight excluding hydrogens is 288 g/mol. The first-order valence-electron chi connectivity index (χ1n) is 9.03. The van der Waals surface area contributed by atoms with Gasteiger partial charge in [0.15, 0.2) is 0 Å². The number of nitrogens with two attached hydrogens (primary N) is 2. The number of amides is 1. The highest BCUT2D eigenvalue weighted by Gasteiger charge is 2.48. The van der Waals surface area contributed by atoms with Gasteiger partial charge in [-0.3, -0.25) is 10.1 Å². The Labute approximate surface area is 141 Å². The fourth-order valence-electron chi connectivity index (χ4n) is 4.59. The van der Waals surface area contributed by atoms with Crippen LogP contribution in [0.1, 0.15) is 66.7 Å². The van der Waals surface area contributed by atoms with E-state index in [9.17, 15) is 4.79 Å². The van der Waals surface area contributed by atoms with Crippen LogP contribution in [0.4, 0.5) is 0 Å². The van der Waals surface area contributed by atoms with E-state index in [-0.39, 0.29) is 17.0 Å².